The summed E-state index contributed by atoms with van der Waals surface area (Å²) in [7, 11) is 0. The molecule has 2 aliphatic rings. The van der Waals surface area contributed by atoms with Crippen LogP contribution in [0.3, 0.4) is 0 Å². The van der Waals surface area contributed by atoms with Crippen molar-refractivity contribution in [2.75, 3.05) is 0 Å². The molecule has 4 rings (SSSR count). The van der Waals surface area contributed by atoms with E-state index in [0.717, 1.165) is 16.8 Å². The number of carbonyl (C=O) groups excluding carboxylic acids is 1. The number of hydrogen-bond donors (Lipinski definition) is 1. The Morgan fingerprint density at radius 2 is 2.25 bits per heavy atom. The van der Waals surface area contributed by atoms with Crippen molar-refractivity contribution in [1.29, 1.82) is 0 Å². The van der Waals surface area contributed by atoms with Crippen LogP contribution >= 0.6 is 11.3 Å². The molecule has 2 aliphatic carbocycles. The molecule has 104 valence electrons. The molecule has 4 nitrogen and oxygen atoms in total. The summed E-state index contributed by atoms with van der Waals surface area (Å²) in [5.41, 5.74) is 9.17. The number of amides is 1. The highest BCUT2D eigenvalue weighted by Crippen LogP contribution is 2.58. The fraction of sp³-hybridized carbons (Fsp3) is 0.533. The second-order valence-corrected chi connectivity index (χ2v) is 7.32. The van der Waals surface area contributed by atoms with Crippen LogP contribution in [-0.4, -0.2) is 15.9 Å². The number of aryl methyl sites for hydroxylation is 1. The second kappa shape index (κ2) is 4.01. The van der Waals surface area contributed by atoms with Gasteiger partial charge in [-0.25, -0.2) is 9.97 Å². The molecular weight excluding hydrogens is 270 g/mol. The van der Waals surface area contributed by atoms with Crippen LogP contribution in [0.15, 0.2) is 6.07 Å². The van der Waals surface area contributed by atoms with E-state index in [0.29, 0.717) is 16.3 Å². The van der Waals surface area contributed by atoms with Crippen molar-refractivity contribution in [3.8, 4) is 0 Å². The molecule has 0 spiro atoms. The van der Waals surface area contributed by atoms with Gasteiger partial charge in [0.1, 0.15) is 10.3 Å². The Kier molecular flexibility index (Phi) is 2.46. The first kappa shape index (κ1) is 12.3. The molecule has 0 aliphatic heterocycles. The molecule has 1 saturated carbocycles. The van der Waals surface area contributed by atoms with E-state index in [2.05, 4.69) is 18.0 Å². The average molecular weight is 287 g/mol. The number of nitrogens with two attached hydrogens (primary N) is 1. The van der Waals surface area contributed by atoms with Crippen LogP contribution < -0.4 is 5.73 Å². The number of nitrogens with zero attached hydrogens (tertiary/aromatic N) is 2. The van der Waals surface area contributed by atoms with E-state index in [9.17, 15) is 4.79 Å². The van der Waals surface area contributed by atoms with Gasteiger partial charge in [0.15, 0.2) is 5.01 Å². The Labute approximate surface area is 121 Å². The summed E-state index contributed by atoms with van der Waals surface area (Å²) in [5.74, 6) is 0.117. The quantitative estimate of drug-likeness (QED) is 0.923. The summed E-state index contributed by atoms with van der Waals surface area (Å²) < 4.78 is 0. The molecule has 0 radical (unpaired) electrons. The van der Waals surface area contributed by atoms with Crippen molar-refractivity contribution < 1.29 is 4.79 Å². The van der Waals surface area contributed by atoms with E-state index >= 15 is 0 Å². The summed E-state index contributed by atoms with van der Waals surface area (Å²) in [6.45, 7) is 2.38. The zero-order chi connectivity index (χ0) is 13.9. The van der Waals surface area contributed by atoms with Gasteiger partial charge < -0.3 is 5.73 Å². The predicted molar refractivity (Wildman–Crippen MR) is 79.0 cm³/mol. The third-order valence-corrected chi connectivity index (χ3v) is 5.84. The van der Waals surface area contributed by atoms with Crippen LogP contribution in [0.1, 0.15) is 59.6 Å². The maximum absolute atomic E-state index is 11.3. The minimum absolute atomic E-state index is 0.365. The molecule has 2 aromatic heterocycles. The van der Waals surface area contributed by atoms with Crippen LogP contribution in [0, 0.1) is 5.41 Å². The van der Waals surface area contributed by atoms with Crippen molar-refractivity contribution in [3.63, 3.8) is 0 Å². The Bertz CT molecular complexity index is 717. The number of pyridine rings is 1. The Hall–Kier alpha value is -1.49. The third kappa shape index (κ3) is 1.76. The van der Waals surface area contributed by atoms with Crippen LogP contribution in [-0.2, 0) is 6.42 Å². The highest BCUT2D eigenvalue weighted by Gasteiger charge is 2.47. The number of rotatable bonds is 2. The predicted octanol–water partition coefficient (Wildman–Crippen LogP) is 3.01. The molecule has 5 heteroatoms. The molecule has 1 unspecified atom stereocenters. The number of carbonyl (C=O) groups is 1. The highest BCUT2D eigenvalue weighted by atomic mass is 32.1. The molecule has 1 fully saturated rings. The van der Waals surface area contributed by atoms with Crippen molar-refractivity contribution in [1.82, 2.24) is 9.97 Å². The summed E-state index contributed by atoms with van der Waals surface area (Å²) in [4.78, 5) is 21.3. The number of thiazole rings is 1. The maximum atomic E-state index is 11.3. The first-order chi connectivity index (χ1) is 9.57. The molecule has 1 atom stereocenters. The standard InChI is InChI=1S/C15H17N3OS/c1-15(5-6-15)9-4-2-3-8-7-10-13(18-11(8)9)20-14(17-10)12(16)19/h7,9H,2-6H2,1H3,(H2,16,19). The minimum atomic E-state index is -0.461. The lowest BCUT2D eigenvalue weighted by atomic mass is 9.77. The lowest BCUT2D eigenvalue weighted by Crippen LogP contribution is -2.19. The van der Waals surface area contributed by atoms with Crippen molar-refractivity contribution in [2.24, 2.45) is 11.1 Å². The molecule has 0 bridgehead atoms. The number of fused-ring (bicyclic) bond motifs is 2. The molecule has 2 heterocycles. The van der Waals surface area contributed by atoms with Crippen LogP contribution in [0.5, 0.6) is 0 Å². The van der Waals surface area contributed by atoms with Gasteiger partial charge in [-0.05, 0) is 49.1 Å². The molecule has 0 saturated heterocycles. The van der Waals surface area contributed by atoms with E-state index in [1.807, 2.05) is 0 Å². The summed E-state index contributed by atoms with van der Waals surface area (Å²) in [5, 5.41) is 0.365. The van der Waals surface area contributed by atoms with Crippen molar-refractivity contribution in [3.05, 3.63) is 22.3 Å². The van der Waals surface area contributed by atoms with E-state index in [-0.39, 0.29) is 0 Å². The van der Waals surface area contributed by atoms with Gasteiger partial charge in [0.05, 0.1) is 0 Å². The fourth-order valence-corrected chi connectivity index (χ4v) is 4.16. The maximum Gasteiger partial charge on any atom is 0.277 e. The monoisotopic (exact) mass is 287 g/mol. The zero-order valence-electron chi connectivity index (χ0n) is 11.5. The lowest BCUT2D eigenvalue weighted by Gasteiger charge is -2.29. The van der Waals surface area contributed by atoms with E-state index in [4.69, 9.17) is 10.7 Å². The van der Waals surface area contributed by atoms with Gasteiger partial charge in [-0.15, -0.1) is 0 Å². The van der Waals surface area contributed by atoms with E-state index < -0.39 is 5.91 Å². The van der Waals surface area contributed by atoms with Crippen LogP contribution in [0.4, 0.5) is 0 Å². The van der Waals surface area contributed by atoms with Crippen molar-refractivity contribution in [2.45, 2.75) is 44.9 Å². The minimum Gasteiger partial charge on any atom is -0.364 e. The Morgan fingerprint density at radius 3 is 2.95 bits per heavy atom. The SMILES string of the molecule is CC1(C2CCCc3cc4nc(C(N)=O)sc4nc32)CC1. The number of primary amides is 1. The normalized spacial score (nSPS) is 23.6. The van der Waals surface area contributed by atoms with Gasteiger partial charge in [0, 0.05) is 11.6 Å². The molecule has 1 amide bonds. The summed E-state index contributed by atoms with van der Waals surface area (Å²) >= 11 is 1.31. The molecule has 2 N–H and O–H groups in total. The first-order valence-electron chi connectivity index (χ1n) is 7.17. The zero-order valence-corrected chi connectivity index (χ0v) is 12.3. The molecule has 20 heavy (non-hydrogen) atoms. The fourth-order valence-electron chi connectivity index (χ4n) is 3.38. The van der Waals surface area contributed by atoms with Gasteiger partial charge >= 0.3 is 0 Å². The number of aromatic nitrogens is 2. The lowest BCUT2D eigenvalue weighted by molar-refractivity contribution is 0.1000. The number of hydrogen-bond acceptors (Lipinski definition) is 4. The summed E-state index contributed by atoms with van der Waals surface area (Å²) in [6.07, 6.45) is 6.17. The largest absolute Gasteiger partial charge is 0.364 e. The van der Waals surface area contributed by atoms with Gasteiger partial charge in [-0.2, -0.15) is 0 Å². The van der Waals surface area contributed by atoms with E-state index in [1.165, 1.54) is 48.3 Å². The van der Waals surface area contributed by atoms with Gasteiger partial charge in [0.25, 0.3) is 5.91 Å². The second-order valence-electron chi connectivity index (χ2n) is 6.34. The topological polar surface area (TPSA) is 68.9 Å². The Balaban J connectivity index is 1.87. The van der Waals surface area contributed by atoms with Gasteiger partial charge in [0.2, 0.25) is 0 Å². The van der Waals surface area contributed by atoms with Gasteiger partial charge in [-0.1, -0.05) is 18.3 Å². The molecule has 0 aromatic carbocycles. The summed E-state index contributed by atoms with van der Waals surface area (Å²) in [6, 6.07) is 2.12. The molecule has 2 aromatic rings. The average Bonchev–Trinajstić information content (AvgIpc) is 3.02. The smallest absolute Gasteiger partial charge is 0.277 e. The molecular formula is C15H17N3OS. The van der Waals surface area contributed by atoms with Gasteiger partial charge in [-0.3, -0.25) is 4.79 Å². The van der Waals surface area contributed by atoms with Crippen LogP contribution in [0.2, 0.25) is 0 Å². The third-order valence-electron chi connectivity index (χ3n) is 4.86. The van der Waals surface area contributed by atoms with E-state index in [1.54, 1.807) is 0 Å². The van der Waals surface area contributed by atoms with Crippen molar-refractivity contribution >= 4 is 27.6 Å². The highest BCUT2D eigenvalue weighted by molar-refractivity contribution is 7.19. The van der Waals surface area contributed by atoms with Crippen LogP contribution in [0.25, 0.3) is 10.3 Å². The first-order valence-corrected chi connectivity index (χ1v) is 7.99. The Morgan fingerprint density at radius 1 is 1.45 bits per heavy atom.